The van der Waals surface area contributed by atoms with E-state index in [1.807, 2.05) is 4.90 Å². The summed E-state index contributed by atoms with van der Waals surface area (Å²) in [7, 11) is 0. The SMILES string of the molecule is CC(C)(C)[C@@H](O)C(=O)Nc1nc2c(cc1F)N(Cc1ccc(OC(F)(F)F)cn1)C[C@@H]1CC[C@H]21. The normalized spacial score (nSPS) is 20.6. The first-order valence-corrected chi connectivity index (χ1v) is 11.0. The third-order valence-corrected chi connectivity index (χ3v) is 6.24. The molecule has 0 saturated heterocycles. The van der Waals surface area contributed by atoms with E-state index in [0.717, 1.165) is 19.0 Å². The highest BCUT2D eigenvalue weighted by atomic mass is 19.4. The van der Waals surface area contributed by atoms with Gasteiger partial charge < -0.3 is 20.1 Å². The van der Waals surface area contributed by atoms with Crippen molar-refractivity contribution in [3.05, 3.63) is 41.6 Å². The fraction of sp³-hybridized carbons (Fsp3) is 0.522. The third-order valence-electron chi connectivity index (χ3n) is 6.24. The van der Waals surface area contributed by atoms with Gasteiger partial charge in [-0.05, 0) is 36.3 Å². The third kappa shape index (κ3) is 5.08. The van der Waals surface area contributed by atoms with Crippen LogP contribution < -0.4 is 15.0 Å². The van der Waals surface area contributed by atoms with Crippen molar-refractivity contribution < 1.29 is 32.2 Å². The number of alkyl halides is 3. The van der Waals surface area contributed by atoms with Gasteiger partial charge >= 0.3 is 6.36 Å². The van der Waals surface area contributed by atoms with Gasteiger partial charge in [-0.25, -0.2) is 9.37 Å². The number of aromatic nitrogens is 2. The molecule has 3 atom stereocenters. The van der Waals surface area contributed by atoms with E-state index in [4.69, 9.17) is 0 Å². The van der Waals surface area contributed by atoms with E-state index in [-0.39, 0.29) is 18.3 Å². The molecular formula is C23H26F4N4O3. The lowest BCUT2D eigenvalue weighted by Gasteiger charge is -2.46. The summed E-state index contributed by atoms with van der Waals surface area (Å²) in [5.74, 6) is -1.70. The number of fused-ring (bicyclic) bond motifs is 3. The van der Waals surface area contributed by atoms with E-state index in [2.05, 4.69) is 20.0 Å². The van der Waals surface area contributed by atoms with Crippen LogP contribution in [0.3, 0.4) is 0 Å². The number of nitrogens with one attached hydrogen (secondary N) is 1. The number of pyridine rings is 2. The quantitative estimate of drug-likeness (QED) is 0.616. The second-order valence-electron chi connectivity index (χ2n) is 9.84. The molecule has 11 heteroatoms. The maximum Gasteiger partial charge on any atom is 0.573 e. The van der Waals surface area contributed by atoms with Gasteiger partial charge in [0.1, 0.15) is 11.9 Å². The summed E-state index contributed by atoms with van der Waals surface area (Å²) in [5.41, 5.74) is 0.981. The van der Waals surface area contributed by atoms with Gasteiger partial charge in [0.2, 0.25) is 0 Å². The van der Waals surface area contributed by atoms with Crippen molar-refractivity contribution in [2.75, 3.05) is 16.8 Å². The number of aliphatic hydroxyl groups is 1. The number of rotatable bonds is 5. The monoisotopic (exact) mass is 482 g/mol. The maximum atomic E-state index is 14.9. The van der Waals surface area contributed by atoms with Crippen molar-refractivity contribution in [3.63, 3.8) is 0 Å². The number of carbonyl (C=O) groups is 1. The molecule has 1 amide bonds. The van der Waals surface area contributed by atoms with E-state index in [1.165, 1.54) is 18.2 Å². The summed E-state index contributed by atoms with van der Waals surface area (Å²) in [6, 6.07) is 3.92. The minimum absolute atomic E-state index is 0.130. The van der Waals surface area contributed by atoms with Gasteiger partial charge in [0, 0.05) is 18.5 Å². The van der Waals surface area contributed by atoms with Crippen LogP contribution in [-0.4, -0.2) is 40.0 Å². The Morgan fingerprint density at radius 1 is 1.29 bits per heavy atom. The lowest BCUT2D eigenvalue weighted by atomic mass is 9.69. The van der Waals surface area contributed by atoms with E-state index < -0.39 is 35.4 Å². The first kappa shape index (κ1) is 24.2. The summed E-state index contributed by atoms with van der Waals surface area (Å²) < 4.78 is 55.9. The first-order valence-electron chi connectivity index (χ1n) is 11.0. The van der Waals surface area contributed by atoms with Gasteiger partial charge in [-0.3, -0.25) is 9.78 Å². The van der Waals surface area contributed by atoms with Gasteiger partial charge in [-0.2, -0.15) is 0 Å². The molecule has 0 aromatic carbocycles. The Labute approximate surface area is 194 Å². The average molecular weight is 482 g/mol. The van der Waals surface area contributed by atoms with Gasteiger partial charge in [0.05, 0.1) is 29.8 Å². The van der Waals surface area contributed by atoms with Crippen LogP contribution in [0.5, 0.6) is 5.75 Å². The van der Waals surface area contributed by atoms with E-state index in [1.54, 1.807) is 20.8 Å². The molecule has 7 nitrogen and oxygen atoms in total. The Balaban J connectivity index is 1.56. The molecule has 0 radical (unpaired) electrons. The first-order chi connectivity index (χ1) is 15.8. The van der Waals surface area contributed by atoms with Gasteiger partial charge in [0.15, 0.2) is 11.6 Å². The maximum absolute atomic E-state index is 14.9. The minimum Gasteiger partial charge on any atom is -0.404 e. The highest BCUT2D eigenvalue weighted by molar-refractivity contribution is 5.94. The largest absolute Gasteiger partial charge is 0.573 e. The van der Waals surface area contributed by atoms with Crippen LogP contribution in [0.1, 0.15) is 50.9 Å². The number of carbonyl (C=O) groups excluding carboxylic acids is 1. The number of aliphatic hydroxyl groups excluding tert-OH is 1. The highest BCUT2D eigenvalue weighted by Crippen LogP contribution is 2.50. The molecule has 2 aromatic rings. The topological polar surface area (TPSA) is 87.6 Å². The molecule has 1 fully saturated rings. The molecular weight excluding hydrogens is 456 g/mol. The zero-order valence-corrected chi connectivity index (χ0v) is 19.0. The summed E-state index contributed by atoms with van der Waals surface area (Å²) in [6.07, 6.45) is -3.28. The van der Waals surface area contributed by atoms with Crippen LogP contribution in [0.25, 0.3) is 0 Å². The molecule has 0 spiro atoms. The van der Waals surface area contributed by atoms with Gasteiger partial charge in [-0.1, -0.05) is 20.8 Å². The van der Waals surface area contributed by atoms with Crippen molar-refractivity contribution in [2.24, 2.45) is 11.3 Å². The highest BCUT2D eigenvalue weighted by Gasteiger charge is 2.42. The van der Waals surface area contributed by atoms with Crippen molar-refractivity contribution in [2.45, 2.75) is 58.5 Å². The van der Waals surface area contributed by atoms with E-state index in [0.29, 0.717) is 29.5 Å². The van der Waals surface area contributed by atoms with E-state index in [9.17, 15) is 27.5 Å². The molecule has 1 saturated carbocycles. The van der Waals surface area contributed by atoms with Crippen LogP contribution in [0.15, 0.2) is 24.4 Å². The molecule has 0 unspecified atom stereocenters. The van der Waals surface area contributed by atoms with Crippen molar-refractivity contribution >= 4 is 17.4 Å². The lowest BCUT2D eigenvalue weighted by molar-refractivity contribution is -0.274. The second-order valence-corrected chi connectivity index (χ2v) is 9.84. The van der Waals surface area contributed by atoms with Crippen LogP contribution in [0.2, 0.25) is 0 Å². The summed E-state index contributed by atoms with van der Waals surface area (Å²) in [5, 5.41) is 12.6. The smallest absolute Gasteiger partial charge is 0.404 e. The number of anilines is 2. The van der Waals surface area contributed by atoms with Crippen LogP contribution in [0, 0.1) is 17.2 Å². The molecule has 2 N–H and O–H groups in total. The predicted molar refractivity (Wildman–Crippen MR) is 116 cm³/mol. The molecule has 3 heterocycles. The molecule has 1 aliphatic carbocycles. The zero-order valence-electron chi connectivity index (χ0n) is 19.0. The fourth-order valence-electron chi connectivity index (χ4n) is 4.26. The molecule has 34 heavy (non-hydrogen) atoms. The predicted octanol–water partition coefficient (Wildman–Crippen LogP) is 4.37. The summed E-state index contributed by atoms with van der Waals surface area (Å²) in [6.45, 7) is 5.97. The van der Waals surface area contributed by atoms with Crippen molar-refractivity contribution in [1.82, 2.24) is 9.97 Å². The number of amides is 1. The number of hydrogen-bond acceptors (Lipinski definition) is 6. The van der Waals surface area contributed by atoms with Gasteiger partial charge in [-0.15, -0.1) is 13.2 Å². The van der Waals surface area contributed by atoms with Crippen LogP contribution >= 0.6 is 0 Å². The van der Waals surface area contributed by atoms with Crippen molar-refractivity contribution in [3.8, 4) is 5.75 Å². The molecule has 2 aromatic heterocycles. The van der Waals surface area contributed by atoms with E-state index >= 15 is 0 Å². The van der Waals surface area contributed by atoms with Crippen LogP contribution in [0.4, 0.5) is 29.1 Å². The molecule has 4 rings (SSSR count). The Morgan fingerprint density at radius 3 is 2.59 bits per heavy atom. The fourth-order valence-corrected chi connectivity index (χ4v) is 4.26. The van der Waals surface area contributed by atoms with Crippen LogP contribution in [-0.2, 0) is 11.3 Å². The molecule has 1 aliphatic heterocycles. The summed E-state index contributed by atoms with van der Waals surface area (Å²) in [4.78, 5) is 22.8. The minimum atomic E-state index is -4.80. The Kier molecular flexibility index (Phi) is 6.17. The number of ether oxygens (including phenoxy) is 1. The second kappa shape index (κ2) is 8.68. The zero-order chi connectivity index (χ0) is 24.8. The molecule has 2 aliphatic rings. The number of nitrogens with zero attached hydrogens (tertiary/aromatic N) is 3. The van der Waals surface area contributed by atoms with Crippen molar-refractivity contribution in [1.29, 1.82) is 0 Å². The summed E-state index contributed by atoms with van der Waals surface area (Å²) >= 11 is 0. The number of halogens is 4. The molecule has 0 bridgehead atoms. The Morgan fingerprint density at radius 2 is 2.03 bits per heavy atom. The molecule has 184 valence electrons. The number of hydrogen-bond donors (Lipinski definition) is 2. The lowest BCUT2D eigenvalue weighted by Crippen LogP contribution is -2.43. The Bertz CT molecular complexity index is 1070. The van der Waals surface area contributed by atoms with Gasteiger partial charge in [0.25, 0.3) is 5.91 Å². The Hall–Kier alpha value is -2.95. The standard InChI is InChI=1S/C23H26F4N4O3/c1-22(2,3)19(32)21(33)30-20-16(24)8-17-18(29-20)15-7-4-12(15)10-31(17)11-13-5-6-14(9-28-13)34-23(25,26)27/h5-6,8-9,12,15,19,32H,4,7,10-11H2,1-3H3,(H,29,30,33)/t12-,15-,19-/m0/s1. The average Bonchev–Trinajstić information content (AvgIpc) is 2.70.